The fourth-order valence-electron chi connectivity index (χ4n) is 3.73. The van der Waals surface area contributed by atoms with Gasteiger partial charge in [-0.05, 0) is 59.5 Å². The highest BCUT2D eigenvalue weighted by Crippen LogP contribution is 2.38. The first kappa shape index (κ1) is 22.1. The van der Waals surface area contributed by atoms with Crippen molar-refractivity contribution in [2.45, 2.75) is 45.1 Å². The molecule has 0 unspecified atom stereocenters. The van der Waals surface area contributed by atoms with Crippen molar-refractivity contribution in [3.8, 4) is 11.5 Å². The van der Waals surface area contributed by atoms with E-state index in [2.05, 4.69) is 27.8 Å². The molecule has 1 N–H and O–H groups in total. The zero-order chi connectivity index (χ0) is 21.7. The summed E-state index contributed by atoms with van der Waals surface area (Å²) in [6.07, 6.45) is 7.64. The van der Waals surface area contributed by atoms with Crippen molar-refractivity contribution in [1.82, 2.24) is 10.2 Å². The summed E-state index contributed by atoms with van der Waals surface area (Å²) in [5.74, 6) is -0.267. The Morgan fingerprint density at radius 1 is 1.20 bits per heavy atom. The van der Waals surface area contributed by atoms with Crippen LogP contribution < -0.4 is 14.8 Å². The lowest BCUT2D eigenvalue weighted by molar-refractivity contribution is -0.132. The second-order valence-corrected chi connectivity index (χ2v) is 8.00. The molecule has 1 aromatic carbocycles. The van der Waals surface area contributed by atoms with Gasteiger partial charge in [-0.25, -0.2) is 4.79 Å². The highest BCUT2D eigenvalue weighted by Gasteiger charge is 2.40. The van der Waals surface area contributed by atoms with Crippen LogP contribution in [-0.2, 0) is 9.59 Å². The van der Waals surface area contributed by atoms with Gasteiger partial charge < -0.3 is 9.47 Å². The van der Waals surface area contributed by atoms with Gasteiger partial charge in [-0.1, -0.05) is 31.9 Å². The molecule has 2 fully saturated rings. The van der Waals surface area contributed by atoms with E-state index in [1.807, 2.05) is 6.92 Å². The van der Waals surface area contributed by atoms with Crippen LogP contribution in [0.1, 0.15) is 44.6 Å². The van der Waals surface area contributed by atoms with Gasteiger partial charge in [0, 0.05) is 6.04 Å². The third kappa shape index (κ3) is 4.75. The van der Waals surface area contributed by atoms with Gasteiger partial charge in [0.2, 0.25) is 0 Å². The van der Waals surface area contributed by atoms with Crippen LogP contribution in [0.25, 0.3) is 6.08 Å². The zero-order valence-electron chi connectivity index (χ0n) is 16.9. The molecule has 1 aliphatic carbocycles. The second-order valence-electron chi connectivity index (χ2n) is 7.15. The molecule has 1 aliphatic heterocycles. The minimum absolute atomic E-state index is 0.0747. The van der Waals surface area contributed by atoms with Gasteiger partial charge in [-0.2, -0.15) is 0 Å². The largest absolute Gasteiger partial charge is 0.490 e. The highest BCUT2D eigenvalue weighted by molar-refractivity contribution is 9.10. The number of carbonyl (C=O) groups excluding carboxylic acids is 3. The number of imide groups is 2. The first-order chi connectivity index (χ1) is 14.5. The average molecular weight is 477 g/mol. The van der Waals surface area contributed by atoms with Gasteiger partial charge >= 0.3 is 6.03 Å². The van der Waals surface area contributed by atoms with Crippen LogP contribution in [0.2, 0.25) is 0 Å². The Balaban J connectivity index is 1.95. The molecule has 0 aromatic heterocycles. The van der Waals surface area contributed by atoms with E-state index in [9.17, 15) is 14.4 Å². The molecule has 0 atom stereocenters. The number of rotatable bonds is 7. The lowest BCUT2D eigenvalue weighted by atomic mass is 9.93. The average Bonchev–Trinajstić information content (AvgIpc) is 2.71. The van der Waals surface area contributed by atoms with E-state index in [1.165, 1.54) is 11.0 Å². The molecule has 0 bridgehead atoms. The van der Waals surface area contributed by atoms with Gasteiger partial charge in [0.15, 0.2) is 11.5 Å². The Morgan fingerprint density at radius 2 is 1.93 bits per heavy atom. The van der Waals surface area contributed by atoms with E-state index in [0.29, 0.717) is 34.7 Å². The molecular formula is C22H25BrN2O5. The smallest absolute Gasteiger partial charge is 0.331 e. The Morgan fingerprint density at radius 3 is 2.60 bits per heavy atom. The maximum Gasteiger partial charge on any atom is 0.331 e. The van der Waals surface area contributed by atoms with E-state index in [1.54, 1.807) is 18.2 Å². The summed E-state index contributed by atoms with van der Waals surface area (Å²) in [6, 6.07) is 2.61. The highest BCUT2D eigenvalue weighted by atomic mass is 79.9. The van der Waals surface area contributed by atoms with Crippen LogP contribution >= 0.6 is 15.9 Å². The van der Waals surface area contributed by atoms with Crippen molar-refractivity contribution in [3.63, 3.8) is 0 Å². The summed E-state index contributed by atoms with van der Waals surface area (Å²) < 4.78 is 11.9. The van der Waals surface area contributed by atoms with Crippen LogP contribution in [0.5, 0.6) is 11.5 Å². The van der Waals surface area contributed by atoms with Crippen molar-refractivity contribution in [3.05, 3.63) is 40.4 Å². The number of barbiturate groups is 1. The summed E-state index contributed by atoms with van der Waals surface area (Å²) in [5.41, 5.74) is 0.502. The number of benzene rings is 1. The molecule has 3 rings (SSSR count). The number of hydrogen-bond donors (Lipinski definition) is 1. The first-order valence-electron chi connectivity index (χ1n) is 10.1. The second kappa shape index (κ2) is 9.93. The maximum atomic E-state index is 13.1. The molecule has 7 nitrogen and oxygen atoms in total. The normalized spacial score (nSPS) is 19.1. The minimum Gasteiger partial charge on any atom is -0.490 e. The summed E-state index contributed by atoms with van der Waals surface area (Å²) in [4.78, 5) is 39.0. The molecule has 0 spiro atoms. The SMILES string of the molecule is C=CCOc1c(Br)cc(C=C2C(=O)NC(=O)N(C3CCCCC3)C2=O)cc1OCC. The number of amides is 4. The summed E-state index contributed by atoms with van der Waals surface area (Å²) in [5, 5.41) is 2.30. The van der Waals surface area contributed by atoms with Crippen LogP contribution in [0.3, 0.4) is 0 Å². The van der Waals surface area contributed by atoms with Crippen molar-refractivity contribution >= 4 is 39.9 Å². The van der Waals surface area contributed by atoms with Crippen LogP contribution in [-0.4, -0.2) is 42.0 Å². The van der Waals surface area contributed by atoms with Gasteiger partial charge in [0.25, 0.3) is 11.8 Å². The zero-order valence-corrected chi connectivity index (χ0v) is 18.5. The first-order valence-corrected chi connectivity index (χ1v) is 10.9. The van der Waals surface area contributed by atoms with E-state index in [4.69, 9.17) is 9.47 Å². The van der Waals surface area contributed by atoms with Crippen molar-refractivity contribution in [2.24, 2.45) is 0 Å². The molecule has 8 heteroatoms. The monoisotopic (exact) mass is 476 g/mol. The number of carbonyl (C=O) groups is 3. The molecule has 1 saturated carbocycles. The lowest BCUT2D eigenvalue weighted by Crippen LogP contribution is -2.58. The van der Waals surface area contributed by atoms with Crippen molar-refractivity contribution < 1.29 is 23.9 Å². The molecule has 1 aromatic rings. The molecular weight excluding hydrogens is 452 g/mol. The van der Waals surface area contributed by atoms with E-state index < -0.39 is 17.8 Å². The third-order valence-electron chi connectivity index (χ3n) is 5.06. The van der Waals surface area contributed by atoms with Gasteiger partial charge in [0.1, 0.15) is 12.2 Å². The molecule has 160 valence electrons. The van der Waals surface area contributed by atoms with Gasteiger partial charge in [0.05, 0.1) is 11.1 Å². The fraction of sp³-hybridized carbons (Fsp3) is 0.409. The molecule has 0 radical (unpaired) electrons. The number of urea groups is 1. The minimum atomic E-state index is -0.696. The van der Waals surface area contributed by atoms with E-state index in [0.717, 1.165) is 32.1 Å². The van der Waals surface area contributed by atoms with Crippen molar-refractivity contribution in [1.29, 1.82) is 0 Å². The van der Waals surface area contributed by atoms with Crippen LogP contribution in [0.15, 0.2) is 34.8 Å². The molecule has 4 amide bonds. The molecule has 30 heavy (non-hydrogen) atoms. The predicted molar refractivity (Wildman–Crippen MR) is 116 cm³/mol. The lowest BCUT2D eigenvalue weighted by Gasteiger charge is -2.35. The standard InChI is InChI=1S/C22H25BrN2O5/c1-3-10-30-19-17(23)12-14(13-18(19)29-4-2)11-16-20(26)24-22(28)25(21(16)27)15-8-6-5-7-9-15/h3,11-13,15H,1,4-10H2,2H3,(H,24,26,28). The summed E-state index contributed by atoms with van der Waals surface area (Å²) in [6.45, 7) is 6.21. The molecule has 2 aliphatic rings. The third-order valence-corrected chi connectivity index (χ3v) is 5.65. The summed E-state index contributed by atoms with van der Waals surface area (Å²) in [7, 11) is 0. The van der Waals surface area contributed by atoms with Crippen LogP contribution in [0, 0.1) is 0 Å². The summed E-state index contributed by atoms with van der Waals surface area (Å²) >= 11 is 3.46. The Hall–Kier alpha value is -2.61. The Bertz CT molecular complexity index is 890. The predicted octanol–water partition coefficient (Wildman–Crippen LogP) is 4.21. The van der Waals surface area contributed by atoms with Crippen molar-refractivity contribution in [2.75, 3.05) is 13.2 Å². The van der Waals surface area contributed by atoms with Crippen LogP contribution in [0.4, 0.5) is 4.79 Å². The topological polar surface area (TPSA) is 84.9 Å². The number of hydrogen-bond acceptors (Lipinski definition) is 5. The molecule has 1 heterocycles. The van der Waals surface area contributed by atoms with Gasteiger partial charge in [-0.3, -0.25) is 19.8 Å². The fourth-order valence-corrected chi connectivity index (χ4v) is 4.30. The Kier molecular flexibility index (Phi) is 7.31. The van der Waals surface area contributed by atoms with E-state index >= 15 is 0 Å². The quantitative estimate of drug-likeness (QED) is 0.362. The van der Waals surface area contributed by atoms with E-state index in [-0.39, 0.29) is 11.6 Å². The number of nitrogens with one attached hydrogen (secondary N) is 1. The number of halogens is 1. The molecule has 1 saturated heterocycles. The number of ether oxygens (including phenoxy) is 2. The maximum absolute atomic E-state index is 13.1. The van der Waals surface area contributed by atoms with Gasteiger partial charge in [-0.15, -0.1) is 0 Å². The Labute approximate surface area is 184 Å². The number of nitrogens with zero attached hydrogens (tertiary/aromatic N) is 1.